The van der Waals surface area contributed by atoms with Crippen LogP contribution in [-0.4, -0.2) is 61.2 Å². The fraction of sp³-hybridized carbons (Fsp3) is 0.250. The summed E-state index contributed by atoms with van der Waals surface area (Å²) in [5, 5.41) is 2.88. The number of esters is 2. The summed E-state index contributed by atoms with van der Waals surface area (Å²) >= 11 is 0. The van der Waals surface area contributed by atoms with Gasteiger partial charge in [-0.15, -0.1) is 0 Å². The van der Waals surface area contributed by atoms with Crippen LogP contribution in [0.4, 0.5) is 11.4 Å². The van der Waals surface area contributed by atoms with Gasteiger partial charge in [0.25, 0.3) is 5.91 Å². The minimum atomic E-state index is -2.09. The molecular weight excluding hydrogens is 618 g/mol. The van der Waals surface area contributed by atoms with E-state index in [-0.39, 0.29) is 22.5 Å². The SMILES string of the molecule is COC(=O)CC12C(C(=O)OC)=CC(NC(=O)c3ccccc3)([C@@H]3C(=O)N(c4ccccc4)C(=O)[C@@H]31)[C@H]1C(=O)N(c3ccccc3)C(=O)[C@H]12. The second-order valence-corrected chi connectivity index (χ2v) is 12.2. The summed E-state index contributed by atoms with van der Waals surface area (Å²) < 4.78 is 10.2. The Morgan fingerprint density at radius 3 is 1.52 bits per heavy atom. The van der Waals surface area contributed by atoms with Crippen molar-refractivity contribution in [1.82, 2.24) is 5.32 Å². The van der Waals surface area contributed by atoms with Crippen molar-refractivity contribution in [2.24, 2.45) is 29.1 Å². The lowest BCUT2D eigenvalue weighted by molar-refractivity contribution is -0.165. The Labute approximate surface area is 274 Å². The van der Waals surface area contributed by atoms with Gasteiger partial charge in [0.15, 0.2) is 0 Å². The Hall–Kier alpha value is -5.91. The Kier molecular flexibility index (Phi) is 7.11. The lowest BCUT2D eigenvalue weighted by Gasteiger charge is -2.60. The molecule has 2 heterocycles. The average molecular weight is 648 g/mol. The highest BCUT2D eigenvalue weighted by Gasteiger charge is 2.82. The maximum absolute atomic E-state index is 14.7. The predicted molar refractivity (Wildman–Crippen MR) is 168 cm³/mol. The van der Waals surface area contributed by atoms with Crippen molar-refractivity contribution < 1.29 is 43.0 Å². The monoisotopic (exact) mass is 647 g/mol. The van der Waals surface area contributed by atoms with E-state index >= 15 is 0 Å². The third kappa shape index (κ3) is 4.04. The van der Waals surface area contributed by atoms with Crippen molar-refractivity contribution in [1.29, 1.82) is 0 Å². The number of rotatable bonds is 7. The van der Waals surface area contributed by atoms with Crippen LogP contribution in [0.2, 0.25) is 0 Å². The highest BCUT2D eigenvalue weighted by atomic mass is 16.5. The van der Waals surface area contributed by atoms with Crippen LogP contribution in [0.25, 0.3) is 0 Å². The molecule has 8 rings (SSSR count). The summed E-state index contributed by atoms with van der Waals surface area (Å²) in [7, 11) is 2.21. The normalized spacial score (nSPS) is 28.5. The number of ether oxygens (including phenoxy) is 2. The van der Waals surface area contributed by atoms with Crippen molar-refractivity contribution in [3.63, 3.8) is 0 Å². The number of hydrogen-bond donors (Lipinski definition) is 1. The van der Waals surface area contributed by atoms with Crippen LogP contribution in [0.5, 0.6) is 0 Å². The van der Waals surface area contributed by atoms with Crippen molar-refractivity contribution in [3.8, 4) is 0 Å². The lowest BCUT2D eigenvalue weighted by Crippen LogP contribution is -2.74. The van der Waals surface area contributed by atoms with Gasteiger partial charge < -0.3 is 14.8 Å². The second kappa shape index (κ2) is 11.1. The standard InChI is InChI=1S/C36H29N3O9/c1-47-24(40)19-35-23(34(46)48-2)18-36(37-29(41)20-12-6-3-7-13-20,27-25(35)30(42)38(32(27)44)21-14-8-4-9-15-21)28-26(35)31(43)39(33(28)45)22-16-10-5-11-17-22/h3-18,25-28H,19H2,1-2H3,(H,37,41)/t25-,26+,27+,28-,35?,36?. The molecule has 48 heavy (non-hydrogen) atoms. The lowest BCUT2D eigenvalue weighted by atomic mass is 9.40. The Balaban J connectivity index is 1.55. The molecular formula is C36H29N3O9. The molecule has 2 bridgehead atoms. The van der Waals surface area contributed by atoms with Crippen molar-refractivity contribution >= 4 is 52.8 Å². The molecule has 1 N–H and O–H groups in total. The molecule has 242 valence electrons. The summed E-state index contributed by atoms with van der Waals surface area (Å²) in [6, 6.07) is 24.1. The summed E-state index contributed by atoms with van der Waals surface area (Å²) in [5.41, 5.74) is -3.87. The van der Waals surface area contributed by atoms with Gasteiger partial charge in [-0.25, -0.2) is 14.6 Å². The van der Waals surface area contributed by atoms with Crippen LogP contribution in [-0.2, 0) is 38.2 Å². The highest BCUT2D eigenvalue weighted by molar-refractivity contribution is 6.29. The fourth-order valence-corrected chi connectivity index (χ4v) is 8.31. The molecule has 0 radical (unpaired) electrons. The third-order valence-corrected chi connectivity index (χ3v) is 10.1. The van der Waals surface area contributed by atoms with Gasteiger partial charge in [0, 0.05) is 16.6 Å². The van der Waals surface area contributed by atoms with Crippen molar-refractivity contribution in [2.45, 2.75) is 12.0 Å². The molecule has 5 amide bonds. The Morgan fingerprint density at radius 1 is 0.646 bits per heavy atom. The number of nitrogens with one attached hydrogen (secondary N) is 1. The molecule has 3 fully saturated rings. The van der Waals surface area contributed by atoms with Crippen molar-refractivity contribution in [3.05, 3.63) is 108 Å². The first kappa shape index (κ1) is 30.7. The summed E-state index contributed by atoms with van der Waals surface area (Å²) in [6.07, 6.45) is 0.559. The number of benzene rings is 3. The molecule has 2 saturated heterocycles. The molecule has 3 aromatic rings. The Bertz CT molecular complexity index is 1840. The average Bonchev–Trinajstić information content (AvgIpc) is 3.56. The molecule has 12 heteroatoms. The molecule has 2 unspecified atom stereocenters. The minimum Gasteiger partial charge on any atom is -0.469 e. The van der Waals surface area contributed by atoms with Crippen LogP contribution >= 0.6 is 0 Å². The number of amides is 5. The van der Waals surface area contributed by atoms with Gasteiger partial charge in [-0.1, -0.05) is 54.6 Å². The largest absolute Gasteiger partial charge is 0.469 e. The minimum absolute atomic E-state index is 0.165. The molecule has 3 aliphatic carbocycles. The van der Waals surface area contributed by atoms with E-state index in [1.54, 1.807) is 78.9 Å². The zero-order valence-corrected chi connectivity index (χ0v) is 25.8. The molecule has 2 aliphatic heterocycles. The van der Waals surface area contributed by atoms with E-state index < -0.39 is 82.5 Å². The number of hydrogen-bond acceptors (Lipinski definition) is 9. The quantitative estimate of drug-likeness (QED) is 0.301. The molecule has 0 aromatic heterocycles. The number of nitrogens with zero attached hydrogens (tertiary/aromatic N) is 2. The molecule has 12 nitrogen and oxygen atoms in total. The number of anilines is 2. The van der Waals surface area contributed by atoms with Gasteiger partial charge >= 0.3 is 11.9 Å². The van der Waals surface area contributed by atoms with Gasteiger partial charge in [0.05, 0.1) is 61.2 Å². The van der Waals surface area contributed by atoms with Crippen LogP contribution in [0.15, 0.2) is 103 Å². The first-order valence-corrected chi connectivity index (χ1v) is 15.2. The maximum atomic E-state index is 14.7. The smallest absolute Gasteiger partial charge is 0.334 e. The van der Waals surface area contributed by atoms with Crippen LogP contribution in [0.1, 0.15) is 16.8 Å². The molecule has 1 saturated carbocycles. The summed E-state index contributed by atoms with van der Waals surface area (Å²) in [5.74, 6) is -11.9. The molecule has 0 spiro atoms. The van der Waals surface area contributed by atoms with Crippen LogP contribution in [0, 0.1) is 29.1 Å². The zero-order valence-electron chi connectivity index (χ0n) is 25.8. The van der Waals surface area contributed by atoms with Gasteiger partial charge in [-0.2, -0.15) is 0 Å². The molecule has 5 aliphatic rings. The third-order valence-electron chi connectivity index (χ3n) is 10.1. The predicted octanol–water partition coefficient (Wildman–Crippen LogP) is 2.44. The topological polar surface area (TPSA) is 156 Å². The summed E-state index contributed by atoms with van der Waals surface area (Å²) in [4.78, 5) is 102. The fourth-order valence-electron chi connectivity index (χ4n) is 8.31. The van der Waals surface area contributed by atoms with E-state index in [9.17, 15) is 33.6 Å². The zero-order chi connectivity index (χ0) is 34.0. The number of carbonyl (C=O) groups is 7. The second-order valence-electron chi connectivity index (χ2n) is 12.2. The first-order valence-electron chi connectivity index (χ1n) is 15.2. The first-order chi connectivity index (χ1) is 23.1. The molecule has 6 atom stereocenters. The van der Waals surface area contributed by atoms with Gasteiger partial charge in [-0.3, -0.25) is 28.8 Å². The van der Waals surface area contributed by atoms with E-state index in [1.165, 1.54) is 18.2 Å². The van der Waals surface area contributed by atoms with Crippen molar-refractivity contribution in [2.75, 3.05) is 24.0 Å². The highest BCUT2D eigenvalue weighted by Crippen LogP contribution is 2.69. The molecule has 3 aromatic carbocycles. The van der Waals surface area contributed by atoms with Gasteiger partial charge in [-0.05, 0) is 42.5 Å². The van der Waals surface area contributed by atoms with Gasteiger partial charge in [0.1, 0.15) is 0 Å². The van der Waals surface area contributed by atoms with E-state index in [4.69, 9.17) is 9.47 Å². The van der Waals surface area contributed by atoms with Crippen LogP contribution < -0.4 is 15.1 Å². The maximum Gasteiger partial charge on any atom is 0.334 e. The summed E-state index contributed by atoms with van der Waals surface area (Å²) in [6.45, 7) is 0. The number of carbonyl (C=O) groups excluding carboxylic acids is 7. The number of para-hydroxylation sites is 2. The van der Waals surface area contributed by atoms with E-state index in [0.717, 1.165) is 24.0 Å². The van der Waals surface area contributed by atoms with Crippen LogP contribution in [0.3, 0.4) is 0 Å². The number of methoxy groups -OCH3 is 2. The van der Waals surface area contributed by atoms with E-state index in [2.05, 4.69) is 5.32 Å². The van der Waals surface area contributed by atoms with E-state index in [0.29, 0.717) is 0 Å². The van der Waals surface area contributed by atoms with Gasteiger partial charge in [0.2, 0.25) is 23.6 Å². The Morgan fingerprint density at radius 2 is 1.08 bits per heavy atom. The van der Waals surface area contributed by atoms with E-state index in [1.807, 2.05) is 0 Å². The number of imide groups is 2.